The molecular weight excluding hydrogens is 262 g/mol. The van der Waals surface area contributed by atoms with E-state index < -0.39 is 0 Å². The van der Waals surface area contributed by atoms with Crippen molar-refractivity contribution in [1.82, 2.24) is 10.6 Å². The molecule has 1 fully saturated rings. The first-order chi connectivity index (χ1) is 9.06. The van der Waals surface area contributed by atoms with Gasteiger partial charge in [0.1, 0.15) is 0 Å². The van der Waals surface area contributed by atoms with Crippen LogP contribution in [-0.4, -0.2) is 31.6 Å². The lowest BCUT2D eigenvalue weighted by molar-refractivity contribution is -0.120. The molecule has 19 heavy (non-hydrogen) atoms. The molecular formula is C14H20ClN3O. The molecule has 0 atom stereocenters. The Balaban J connectivity index is 2.07. The lowest BCUT2D eigenvalue weighted by Crippen LogP contribution is -2.47. The minimum Gasteiger partial charge on any atom is -0.360 e. The first kappa shape index (κ1) is 14.2. The van der Waals surface area contributed by atoms with Crippen LogP contribution in [0.4, 0.5) is 5.69 Å². The molecule has 1 aliphatic heterocycles. The quantitative estimate of drug-likeness (QED) is 0.884. The van der Waals surface area contributed by atoms with Crippen molar-refractivity contribution >= 4 is 23.2 Å². The first-order valence-corrected chi connectivity index (χ1v) is 6.97. The molecule has 1 aliphatic rings. The highest BCUT2D eigenvalue weighted by atomic mass is 35.5. The number of hydrogen-bond acceptors (Lipinski definition) is 3. The Labute approximate surface area is 119 Å². The van der Waals surface area contributed by atoms with Gasteiger partial charge in [-0.2, -0.15) is 0 Å². The smallest absolute Gasteiger partial charge is 0.239 e. The molecule has 4 nitrogen and oxygen atoms in total. The zero-order valence-corrected chi connectivity index (χ0v) is 12.1. The summed E-state index contributed by atoms with van der Waals surface area (Å²) in [5, 5.41) is 6.91. The van der Waals surface area contributed by atoms with Crippen LogP contribution < -0.4 is 15.5 Å². The summed E-state index contributed by atoms with van der Waals surface area (Å²) in [6.45, 7) is 6.89. The SMILES string of the molecule is CC(C)NCc1ccc(N2CCNC(=O)C2)cc1Cl. The van der Waals surface area contributed by atoms with Gasteiger partial charge in [0.05, 0.1) is 6.54 Å². The lowest BCUT2D eigenvalue weighted by atomic mass is 10.1. The molecule has 1 aromatic rings. The number of nitrogens with zero attached hydrogens (tertiary/aromatic N) is 1. The van der Waals surface area contributed by atoms with Crippen molar-refractivity contribution in [2.75, 3.05) is 24.5 Å². The minimum absolute atomic E-state index is 0.0629. The fourth-order valence-corrected chi connectivity index (χ4v) is 2.29. The van der Waals surface area contributed by atoms with Crippen molar-refractivity contribution in [3.8, 4) is 0 Å². The Morgan fingerprint density at radius 1 is 1.47 bits per heavy atom. The molecule has 0 spiro atoms. The molecule has 2 rings (SSSR count). The van der Waals surface area contributed by atoms with Gasteiger partial charge >= 0.3 is 0 Å². The molecule has 0 radical (unpaired) electrons. The molecule has 0 aromatic heterocycles. The van der Waals surface area contributed by atoms with Gasteiger partial charge in [-0.15, -0.1) is 0 Å². The summed E-state index contributed by atoms with van der Waals surface area (Å²) < 4.78 is 0. The van der Waals surface area contributed by atoms with Crippen molar-refractivity contribution in [3.05, 3.63) is 28.8 Å². The van der Waals surface area contributed by atoms with Crippen molar-refractivity contribution in [1.29, 1.82) is 0 Å². The normalized spacial score (nSPS) is 15.8. The van der Waals surface area contributed by atoms with Crippen molar-refractivity contribution in [2.24, 2.45) is 0 Å². The molecule has 0 bridgehead atoms. The largest absolute Gasteiger partial charge is 0.360 e. The molecule has 1 aromatic carbocycles. The maximum Gasteiger partial charge on any atom is 0.239 e. The summed E-state index contributed by atoms with van der Waals surface area (Å²) in [6.07, 6.45) is 0. The number of amides is 1. The summed E-state index contributed by atoms with van der Waals surface area (Å²) in [5.74, 6) is 0.0629. The number of carbonyl (C=O) groups is 1. The highest BCUT2D eigenvalue weighted by molar-refractivity contribution is 6.31. The number of piperazine rings is 1. The number of carbonyl (C=O) groups excluding carboxylic acids is 1. The van der Waals surface area contributed by atoms with E-state index in [9.17, 15) is 4.79 Å². The van der Waals surface area contributed by atoms with Crippen molar-refractivity contribution in [2.45, 2.75) is 26.4 Å². The van der Waals surface area contributed by atoms with E-state index in [1.54, 1.807) is 0 Å². The van der Waals surface area contributed by atoms with Crippen molar-refractivity contribution < 1.29 is 4.79 Å². The first-order valence-electron chi connectivity index (χ1n) is 6.59. The Hall–Kier alpha value is -1.26. The van der Waals surface area contributed by atoms with E-state index in [1.165, 1.54) is 0 Å². The summed E-state index contributed by atoms with van der Waals surface area (Å²) in [4.78, 5) is 13.4. The molecule has 0 aliphatic carbocycles. The lowest BCUT2D eigenvalue weighted by Gasteiger charge is -2.29. The molecule has 1 heterocycles. The predicted octanol–water partition coefficient (Wildman–Crippen LogP) is 1.77. The van der Waals surface area contributed by atoms with Crippen LogP contribution in [-0.2, 0) is 11.3 Å². The fourth-order valence-electron chi connectivity index (χ4n) is 2.05. The molecule has 0 saturated carbocycles. The maximum absolute atomic E-state index is 11.4. The van der Waals surface area contributed by atoms with Gasteiger partial charge in [-0.1, -0.05) is 31.5 Å². The standard InChI is InChI=1S/C14H20ClN3O/c1-10(2)17-8-11-3-4-12(7-13(11)15)18-6-5-16-14(19)9-18/h3-4,7,10,17H,5-6,8-9H2,1-2H3,(H,16,19). The summed E-state index contributed by atoms with van der Waals surface area (Å²) in [6, 6.07) is 6.43. The van der Waals surface area contributed by atoms with E-state index in [-0.39, 0.29) is 5.91 Å². The number of anilines is 1. The Kier molecular flexibility index (Phi) is 4.66. The highest BCUT2D eigenvalue weighted by Crippen LogP contribution is 2.24. The zero-order chi connectivity index (χ0) is 13.8. The van der Waals surface area contributed by atoms with Crippen molar-refractivity contribution in [3.63, 3.8) is 0 Å². The predicted molar refractivity (Wildman–Crippen MR) is 78.7 cm³/mol. The van der Waals surface area contributed by atoms with Gasteiger partial charge in [-0.05, 0) is 17.7 Å². The summed E-state index contributed by atoms with van der Waals surface area (Å²) in [7, 11) is 0. The van der Waals surface area contributed by atoms with Crippen LogP contribution in [0.25, 0.3) is 0 Å². The summed E-state index contributed by atoms with van der Waals surface area (Å²) in [5.41, 5.74) is 2.09. The van der Waals surface area contributed by atoms with Gasteiger partial charge in [0.2, 0.25) is 5.91 Å². The van der Waals surface area contributed by atoms with Crippen LogP contribution in [0, 0.1) is 0 Å². The maximum atomic E-state index is 11.4. The Bertz CT molecular complexity index is 462. The van der Waals surface area contributed by atoms with Crippen LogP contribution in [0.15, 0.2) is 18.2 Å². The third-order valence-corrected chi connectivity index (χ3v) is 3.49. The van der Waals surface area contributed by atoms with Gasteiger partial charge in [0, 0.05) is 36.4 Å². The molecule has 1 saturated heterocycles. The zero-order valence-electron chi connectivity index (χ0n) is 11.4. The number of hydrogen-bond donors (Lipinski definition) is 2. The fraction of sp³-hybridized carbons (Fsp3) is 0.500. The highest BCUT2D eigenvalue weighted by Gasteiger charge is 2.17. The second-order valence-electron chi connectivity index (χ2n) is 5.08. The third-order valence-electron chi connectivity index (χ3n) is 3.14. The van der Waals surface area contributed by atoms with E-state index in [0.717, 1.165) is 29.4 Å². The second kappa shape index (κ2) is 6.26. The van der Waals surface area contributed by atoms with Gasteiger partial charge < -0.3 is 15.5 Å². The van der Waals surface area contributed by atoms with E-state index in [4.69, 9.17) is 11.6 Å². The number of nitrogens with one attached hydrogen (secondary N) is 2. The monoisotopic (exact) mass is 281 g/mol. The minimum atomic E-state index is 0.0629. The van der Waals surface area contributed by atoms with E-state index in [0.29, 0.717) is 19.1 Å². The van der Waals surface area contributed by atoms with E-state index in [1.807, 2.05) is 23.1 Å². The number of benzene rings is 1. The van der Waals surface area contributed by atoms with Crippen LogP contribution >= 0.6 is 11.6 Å². The van der Waals surface area contributed by atoms with Gasteiger partial charge in [-0.3, -0.25) is 4.79 Å². The van der Waals surface area contributed by atoms with E-state index in [2.05, 4.69) is 24.5 Å². The van der Waals surface area contributed by atoms with Gasteiger partial charge in [0.15, 0.2) is 0 Å². The van der Waals surface area contributed by atoms with Gasteiger partial charge in [-0.25, -0.2) is 0 Å². The molecule has 0 unspecified atom stereocenters. The summed E-state index contributed by atoms with van der Waals surface area (Å²) >= 11 is 6.30. The Morgan fingerprint density at radius 3 is 2.89 bits per heavy atom. The molecule has 5 heteroatoms. The van der Waals surface area contributed by atoms with E-state index >= 15 is 0 Å². The van der Waals surface area contributed by atoms with Gasteiger partial charge in [0.25, 0.3) is 0 Å². The van der Waals surface area contributed by atoms with Crippen LogP contribution in [0.3, 0.4) is 0 Å². The molecule has 104 valence electrons. The average Bonchev–Trinajstić information content (AvgIpc) is 2.37. The topological polar surface area (TPSA) is 44.4 Å². The third kappa shape index (κ3) is 3.85. The number of halogens is 1. The van der Waals surface area contributed by atoms with Crippen LogP contribution in [0.2, 0.25) is 5.02 Å². The number of rotatable bonds is 4. The Morgan fingerprint density at radius 2 is 2.26 bits per heavy atom. The van der Waals surface area contributed by atoms with Crippen LogP contribution in [0.1, 0.15) is 19.4 Å². The average molecular weight is 282 g/mol. The molecule has 1 amide bonds. The second-order valence-corrected chi connectivity index (χ2v) is 5.49. The molecule has 2 N–H and O–H groups in total. The van der Waals surface area contributed by atoms with Crippen LogP contribution in [0.5, 0.6) is 0 Å².